The number of hydrogen-bond donors (Lipinski definition) is 1. The van der Waals surface area contributed by atoms with E-state index in [2.05, 4.69) is 10.8 Å². The Morgan fingerprint density at radius 1 is 1.15 bits per heavy atom. The van der Waals surface area contributed by atoms with Gasteiger partial charge in [-0.05, 0) is 31.5 Å². The minimum atomic E-state index is -3.89. The third kappa shape index (κ3) is 5.00. The van der Waals surface area contributed by atoms with Gasteiger partial charge in [-0.1, -0.05) is 42.0 Å². The van der Waals surface area contributed by atoms with E-state index in [9.17, 15) is 23.8 Å². The molecule has 0 aromatic heterocycles. The van der Waals surface area contributed by atoms with Gasteiger partial charge in [0.05, 0.1) is 27.8 Å². The van der Waals surface area contributed by atoms with Crippen molar-refractivity contribution in [1.29, 1.82) is 5.26 Å². The summed E-state index contributed by atoms with van der Waals surface area (Å²) in [7, 11) is -3.89. The van der Waals surface area contributed by atoms with Gasteiger partial charge in [0, 0.05) is 12.1 Å². The number of rotatable bonds is 7. The minimum Gasteiger partial charge on any atom is -0.258 e. The Morgan fingerprint density at radius 3 is 2.22 bits per heavy atom. The zero-order valence-electron chi connectivity index (χ0n) is 14.9. The first kappa shape index (κ1) is 20.3. The monoisotopic (exact) mass is 385 g/mol. The van der Waals surface area contributed by atoms with Crippen molar-refractivity contribution in [2.45, 2.75) is 24.8 Å². The fourth-order valence-corrected chi connectivity index (χ4v) is 3.79. The Labute approximate surface area is 158 Å². The number of nitro benzene ring substituents is 1. The van der Waals surface area contributed by atoms with E-state index in [0.717, 1.165) is 5.56 Å². The summed E-state index contributed by atoms with van der Waals surface area (Å²) in [5, 5.41) is 20.3. The van der Waals surface area contributed by atoms with Gasteiger partial charge in [0.25, 0.3) is 5.69 Å². The molecular formula is C19H19N3O4S. The lowest BCUT2D eigenvalue weighted by atomic mass is 9.94. The maximum atomic E-state index is 12.8. The molecule has 0 aliphatic carbocycles. The standard InChI is InChI=1S/C19H19N3O4S/c1-3-4-16(13-20)19(15-7-9-17(10-8-15)22(23)24)21-27(25,26)18-11-5-14(2)6-12-18/h3-12,16,19,21H,1-2H3/b4-3+. The Bertz CT molecular complexity index is 975. The molecule has 0 bridgehead atoms. The number of nitro groups is 1. The summed E-state index contributed by atoms with van der Waals surface area (Å²) < 4.78 is 28.1. The van der Waals surface area contributed by atoms with E-state index >= 15 is 0 Å². The molecule has 7 nitrogen and oxygen atoms in total. The van der Waals surface area contributed by atoms with Gasteiger partial charge in [-0.15, -0.1) is 0 Å². The average molecular weight is 385 g/mol. The van der Waals surface area contributed by atoms with E-state index in [1.165, 1.54) is 36.4 Å². The van der Waals surface area contributed by atoms with Crippen LogP contribution in [0.1, 0.15) is 24.1 Å². The van der Waals surface area contributed by atoms with Crippen LogP contribution < -0.4 is 4.72 Å². The molecule has 0 fully saturated rings. The molecule has 0 radical (unpaired) electrons. The average Bonchev–Trinajstić information content (AvgIpc) is 2.65. The molecule has 0 aliphatic rings. The van der Waals surface area contributed by atoms with Crippen molar-refractivity contribution < 1.29 is 13.3 Å². The second kappa shape index (κ2) is 8.58. The van der Waals surface area contributed by atoms with Crippen molar-refractivity contribution in [1.82, 2.24) is 4.72 Å². The van der Waals surface area contributed by atoms with Crippen molar-refractivity contribution in [3.05, 3.63) is 81.9 Å². The molecule has 0 saturated heterocycles. The lowest BCUT2D eigenvalue weighted by Gasteiger charge is -2.22. The summed E-state index contributed by atoms with van der Waals surface area (Å²) in [5.41, 5.74) is 1.27. The molecule has 2 unspecified atom stereocenters. The summed E-state index contributed by atoms with van der Waals surface area (Å²) in [6.45, 7) is 3.58. The van der Waals surface area contributed by atoms with Gasteiger partial charge < -0.3 is 0 Å². The normalized spacial score (nSPS) is 13.8. The highest BCUT2D eigenvalue weighted by Gasteiger charge is 2.27. The molecule has 0 spiro atoms. The topological polar surface area (TPSA) is 113 Å². The van der Waals surface area contributed by atoms with Gasteiger partial charge in [-0.3, -0.25) is 10.1 Å². The van der Waals surface area contributed by atoms with Crippen LogP contribution in [0.15, 0.2) is 65.6 Å². The summed E-state index contributed by atoms with van der Waals surface area (Å²) in [4.78, 5) is 10.4. The number of aryl methyl sites for hydroxylation is 1. The van der Waals surface area contributed by atoms with E-state index in [1.807, 2.05) is 6.92 Å². The minimum absolute atomic E-state index is 0.0807. The van der Waals surface area contributed by atoms with Crippen LogP contribution in [0.4, 0.5) is 5.69 Å². The number of nitrogens with zero attached hydrogens (tertiary/aromatic N) is 2. The number of sulfonamides is 1. The molecule has 2 atom stereocenters. The molecule has 27 heavy (non-hydrogen) atoms. The van der Waals surface area contributed by atoms with E-state index in [0.29, 0.717) is 5.56 Å². The quantitative estimate of drug-likeness (QED) is 0.444. The first-order valence-corrected chi connectivity index (χ1v) is 9.62. The van der Waals surface area contributed by atoms with Crippen LogP contribution in [0.3, 0.4) is 0 Å². The van der Waals surface area contributed by atoms with Gasteiger partial charge in [0.1, 0.15) is 0 Å². The maximum Gasteiger partial charge on any atom is 0.269 e. The second-order valence-electron chi connectivity index (χ2n) is 5.94. The van der Waals surface area contributed by atoms with E-state index in [1.54, 1.807) is 31.2 Å². The molecule has 8 heteroatoms. The summed E-state index contributed by atoms with van der Waals surface area (Å²) in [6, 6.07) is 13.0. The SMILES string of the molecule is C/C=C/C(C#N)C(NS(=O)(=O)c1ccc(C)cc1)c1ccc([N+](=O)[O-])cc1. The second-order valence-corrected chi connectivity index (χ2v) is 7.66. The number of hydrogen-bond acceptors (Lipinski definition) is 5. The van der Waals surface area contributed by atoms with E-state index in [-0.39, 0.29) is 10.6 Å². The maximum absolute atomic E-state index is 12.8. The molecule has 2 rings (SSSR count). The number of nitrogens with one attached hydrogen (secondary N) is 1. The van der Waals surface area contributed by atoms with Gasteiger partial charge in [0.15, 0.2) is 0 Å². The Hall–Kier alpha value is -3.02. The molecule has 2 aromatic carbocycles. The van der Waals surface area contributed by atoms with Crippen LogP contribution >= 0.6 is 0 Å². The molecule has 0 saturated carbocycles. The van der Waals surface area contributed by atoms with Gasteiger partial charge in [-0.2, -0.15) is 5.26 Å². The van der Waals surface area contributed by atoms with Crippen molar-refractivity contribution >= 4 is 15.7 Å². The first-order chi connectivity index (χ1) is 12.8. The number of allylic oxidation sites excluding steroid dienone is 1. The highest BCUT2D eigenvalue weighted by molar-refractivity contribution is 7.89. The highest BCUT2D eigenvalue weighted by Crippen LogP contribution is 2.27. The first-order valence-electron chi connectivity index (χ1n) is 8.14. The van der Waals surface area contributed by atoms with Crippen molar-refractivity contribution in [2.24, 2.45) is 5.92 Å². The largest absolute Gasteiger partial charge is 0.269 e. The summed E-state index contributed by atoms with van der Waals surface area (Å²) in [5.74, 6) is -0.781. The molecule has 1 N–H and O–H groups in total. The fourth-order valence-electron chi connectivity index (χ4n) is 2.54. The summed E-state index contributed by atoms with van der Waals surface area (Å²) in [6.07, 6.45) is 3.25. The molecule has 0 amide bonds. The van der Waals surface area contributed by atoms with Gasteiger partial charge in [0.2, 0.25) is 10.0 Å². The van der Waals surface area contributed by atoms with Crippen LogP contribution in [-0.2, 0) is 10.0 Å². The van der Waals surface area contributed by atoms with Crippen LogP contribution in [0.25, 0.3) is 0 Å². The Balaban J connectivity index is 2.45. The lowest BCUT2D eigenvalue weighted by Crippen LogP contribution is -2.32. The van der Waals surface area contributed by atoms with Crippen LogP contribution in [0.2, 0.25) is 0 Å². The fraction of sp³-hybridized carbons (Fsp3) is 0.211. The Kier molecular flexibility index (Phi) is 6.45. The van der Waals surface area contributed by atoms with Crippen molar-refractivity contribution in [3.63, 3.8) is 0 Å². The zero-order valence-corrected chi connectivity index (χ0v) is 15.7. The lowest BCUT2D eigenvalue weighted by molar-refractivity contribution is -0.384. The molecule has 0 heterocycles. The summed E-state index contributed by atoms with van der Waals surface area (Å²) >= 11 is 0. The van der Waals surface area contributed by atoms with E-state index in [4.69, 9.17) is 0 Å². The number of nitriles is 1. The van der Waals surface area contributed by atoms with Crippen LogP contribution in [0.5, 0.6) is 0 Å². The van der Waals surface area contributed by atoms with Gasteiger partial charge in [-0.25, -0.2) is 13.1 Å². The zero-order chi connectivity index (χ0) is 20.0. The number of non-ortho nitro benzene ring substituents is 1. The molecule has 2 aromatic rings. The van der Waals surface area contributed by atoms with Crippen molar-refractivity contribution in [2.75, 3.05) is 0 Å². The predicted molar refractivity (Wildman–Crippen MR) is 101 cm³/mol. The third-order valence-corrected chi connectivity index (χ3v) is 5.44. The smallest absolute Gasteiger partial charge is 0.258 e. The van der Waals surface area contributed by atoms with Crippen LogP contribution in [-0.4, -0.2) is 13.3 Å². The van der Waals surface area contributed by atoms with Crippen LogP contribution in [0, 0.1) is 34.3 Å². The highest BCUT2D eigenvalue weighted by atomic mass is 32.2. The van der Waals surface area contributed by atoms with Crippen molar-refractivity contribution in [3.8, 4) is 6.07 Å². The number of benzene rings is 2. The van der Waals surface area contributed by atoms with E-state index < -0.39 is 26.9 Å². The Morgan fingerprint density at radius 2 is 1.74 bits per heavy atom. The molecular weight excluding hydrogens is 366 g/mol. The van der Waals surface area contributed by atoms with Gasteiger partial charge >= 0.3 is 0 Å². The third-order valence-electron chi connectivity index (χ3n) is 3.98. The molecule has 140 valence electrons. The predicted octanol–water partition coefficient (Wildman–Crippen LogP) is 3.64. The molecule has 0 aliphatic heterocycles.